The van der Waals surface area contributed by atoms with Crippen LogP contribution in [-0.4, -0.2) is 35.1 Å². The zero-order valence-corrected chi connectivity index (χ0v) is 17.2. The van der Waals surface area contributed by atoms with Crippen LogP contribution in [0.5, 0.6) is 0 Å². The van der Waals surface area contributed by atoms with Crippen molar-refractivity contribution in [3.63, 3.8) is 0 Å². The van der Waals surface area contributed by atoms with Gasteiger partial charge in [0, 0.05) is 18.7 Å². The number of anilines is 1. The van der Waals surface area contributed by atoms with Crippen LogP contribution < -0.4 is 10.2 Å². The summed E-state index contributed by atoms with van der Waals surface area (Å²) in [7, 11) is 0. The molecule has 1 aliphatic rings. The predicted molar refractivity (Wildman–Crippen MR) is 106 cm³/mol. The van der Waals surface area contributed by atoms with Crippen LogP contribution >= 0.6 is 0 Å². The van der Waals surface area contributed by atoms with E-state index in [1.807, 2.05) is 13.8 Å². The molecular formula is C20H29N3O5. The van der Waals surface area contributed by atoms with Crippen LogP contribution in [0.25, 0.3) is 0 Å². The monoisotopic (exact) mass is 391 g/mol. The average molecular weight is 391 g/mol. The molecule has 1 heterocycles. The zero-order valence-electron chi connectivity index (χ0n) is 17.2. The number of fused-ring (bicyclic) bond motifs is 1. The van der Waals surface area contributed by atoms with Crippen molar-refractivity contribution in [2.24, 2.45) is 5.92 Å². The second-order valence-corrected chi connectivity index (χ2v) is 8.17. The molecule has 2 amide bonds. The number of rotatable bonds is 5. The van der Waals surface area contributed by atoms with Crippen LogP contribution in [0.15, 0.2) is 18.2 Å². The number of non-ortho nitro benzene ring substituents is 1. The number of nitro benzene ring substituents is 1. The lowest BCUT2D eigenvalue weighted by atomic mass is 9.95. The third-order valence-electron chi connectivity index (χ3n) is 4.82. The van der Waals surface area contributed by atoms with Crippen molar-refractivity contribution in [3.8, 4) is 0 Å². The number of carbonyl (C=O) groups is 2. The van der Waals surface area contributed by atoms with Gasteiger partial charge in [-0.3, -0.25) is 14.9 Å². The van der Waals surface area contributed by atoms with E-state index >= 15 is 0 Å². The number of aryl methyl sites for hydroxylation is 1. The van der Waals surface area contributed by atoms with Crippen LogP contribution in [0.4, 0.5) is 16.2 Å². The number of benzene rings is 1. The second kappa shape index (κ2) is 8.58. The van der Waals surface area contributed by atoms with Gasteiger partial charge in [-0.1, -0.05) is 26.3 Å². The van der Waals surface area contributed by atoms with Gasteiger partial charge in [0.15, 0.2) is 0 Å². The van der Waals surface area contributed by atoms with Crippen LogP contribution in [0.1, 0.15) is 53.0 Å². The molecule has 2 atom stereocenters. The fraction of sp³-hybridized carbons (Fsp3) is 0.600. The molecule has 0 saturated heterocycles. The maximum atomic E-state index is 13.3. The van der Waals surface area contributed by atoms with Gasteiger partial charge in [0.1, 0.15) is 11.6 Å². The Balaban J connectivity index is 2.31. The smallest absolute Gasteiger partial charge is 0.408 e. The van der Waals surface area contributed by atoms with Gasteiger partial charge >= 0.3 is 6.09 Å². The average Bonchev–Trinajstić information content (AvgIpc) is 2.62. The fourth-order valence-electron chi connectivity index (χ4n) is 3.19. The molecule has 2 rings (SSSR count). The number of hydrogen-bond acceptors (Lipinski definition) is 5. The molecule has 154 valence electrons. The number of carbonyl (C=O) groups excluding carboxylic acids is 2. The highest BCUT2D eigenvalue weighted by Crippen LogP contribution is 2.32. The SMILES string of the molecule is CCC(C)C(NC(=O)OC(C)(C)C)C(=O)N1CCCc2ccc([N+](=O)[O-])cc21. The minimum atomic E-state index is -0.773. The van der Waals surface area contributed by atoms with Crippen molar-refractivity contribution in [1.82, 2.24) is 5.32 Å². The Hall–Kier alpha value is -2.64. The molecule has 1 aromatic carbocycles. The molecule has 8 nitrogen and oxygen atoms in total. The van der Waals surface area contributed by atoms with Gasteiger partial charge in [-0.05, 0) is 45.1 Å². The first-order chi connectivity index (χ1) is 13.0. The Bertz CT molecular complexity index is 757. The molecule has 0 aromatic heterocycles. The highest BCUT2D eigenvalue weighted by Gasteiger charge is 2.34. The fourth-order valence-corrected chi connectivity index (χ4v) is 3.19. The number of amides is 2. The van der Waals surface area contributed by atoms with Crippen molar-refractivity contribution in [1.29, 1.82) is 0 Å². The van der Waals surface area contributed by atoms with Crippen LogP contribution in [-0.2, 0) is 16.0 Å². The highest BCUT2D eigenvalue weighted by atomic mass is 16.6. The van der Waals surface area contributed by atoms with E-state index in [4.69, 9.17) is 4.74 Å². The van der Waals surface area contributed by atoms with Crippen molar-refractivity contribution < 1.29 is 19.2 Å². The van der Waals surface area contributed by atoms with E-state index in [1.54, 1.807) is 31.7 Å². The molecule has 0 bridgehead atoms. The number of hydrogen-bond donors (Lipinski definition) is 1. The molecule has 1 N–H and O–H groups in total. The standard InChI is InChI=1S/C20H29N3O5/c1-6-13(2)17(21-19(25)28-20(3,4)5)18(24)22-11-7-8-14-9-10-15(23(26)27)12-16(14)22/h9-10,12-13,17H,6-8,11H2,1-5H3,(H,21,25). The van der Waals surface area contributed by atoms with E-state index < -0.39 is 22.7 Å². The molecule has 28 heavy (non-hydrogen) atoms. The summed E-state index contributed by atoms with van der Waals surface area (Å²) in [5, 5.41) is 13.9. The molecule has 8 heteroatoms. The van der Waals surface area contributed by atoms with Gasteiger partial charge in [0.05, 0.1) is 10.6 Å². The number of nitro groups is 1. The van der Waals surface area contributed by atoms with Gasteiger partial charge in [-0.25, -0.2) is 4.79 Å². The number of nitrogens with one attached hydrogen (secondary N) is 1. The van der Waals surface area contributed by atoms with E-state index in [2.05, 4.69) is 5.32 Å². The summed E-state index contributed by atoms with van der Waals surface area (Å²) in [4.78, 5) is 37.8. The topological polar surface area (TPSA) is 102 Å². The number of nitrogens with zero attached hydrogens (tertiary/aromatic N) is 2. The van der Waals surface area contributed by atoms with E-state index in [9.17, 15) is 19.7 Å². The van der Waals surface area contributed by atoms with E-state index in [1.165, 1.54) is 12.1 Å². The first-order valence-electron chi connectivity index (χ1n) is 9.61. The summed E-state index contributed by atoms with van der Waals surface area (Å²) in [5.41, 5.74) is 0.708. The molecule has 0 radical (unpaired) electrons. The third kappa shape index (κ3) is 5.21. The molecule has 2 unspecified atom stereocenters. The molecule has 1 aromatic rings. The summed E-state index contributed by atoms with van der Waals surface area (Å²) in [6, 6.07) is 3.82. The van der Waals surface area contributed by atoms with Gasteiger partial charge in [-0.2, -0.15) is 0 Å². The Labute approximate surface area is 165 Å². The Morgan fingerprint density at radius 3 is 2.61 bits per heavy atom. The lowest BCUT2D eigenvalue weighted by Gasteiger charge is -2.34. The molecule has 0 aliphatic carbocycles. The van der Waals surface area contributed by atoms with Crippen molar-refractivity contribution in [3.05, 3.63) is 33.9 Å². The molecular weight excluding hydrogens is 362 g/mol. The first-order valence-corrected chi connectivity index (χ1v) is 9.61. The maximum Gasteiger partial charge on any atom is 0.408 e. The largest absolute Gasteiger partial charge is 0.444 e. The second-order valence-electron chi connectivity index (χ2n) is 8.17. The Morgan fingerprint density at radius 2 is 2.04 bits per heavy atom. The molecule has 0 fully saturated rings. The van der Waals surface area contributed by atoms with E-state index in [0.717, 1.165) is 18.4 Å². The zero-order chi connectivity index (χ0) is 21.1. The number of ether oxygens (including phenoxy) is 1. The number of alkyl carbamates (subject to hydrolysis) is 1. The summed E-state index contributed by atoms with van der Waals surface area (Å²) in [6.07, 6.45) is 1.55. The lowest BCUT2D eigenvalue weighted by Crippen LogP contribution is -2.53. The van der Waals surface area contributed by atoms with E-state index in [0.29, 0.717) is 18.7 Å². The van der Waals surface area contributed by atoms with Crippen molar-refractivity contribution in [2.45, 2.75) is 65.5 Å². The summed E-state index contributed by atoms with van der Waals surface area (Å²) < 4.78 is 5.31. The normalized spacial score (nSPS) is 16.0. The first kappa shape index (κ1) is 21.7. The van der Waals surface area contributed by atoms with Crippen LogP contribution in [0.2, 0.25) is 0 Å². The van der Waals surface area contributed by atoms with Crippen molar-refractivity contribution >= 4 is 23.4 Å². The van der Waals surface area contributed by atoms with Gasteiger partial charge < -0.3 is 15.0 Å². The molecule has 0 spiro atoms. The summed E-state index contributed by atoms with van der Waals surface area (Å²) in [5.74, 6) is -0.397. The van der Waals surface area contributed by atoms with Crippen LogP contribution in [0, 0.1) is 16.0 Å². The van der Waals surface area contributed by atoms with Gasteiger partial charge in [0.25, 0.3) is 5.69 Å². The maximum absolute atomic E-state index is 13.3. The highest BCUT2D eigenvalue weighted by molar-refractivity contribution is 6.00. The quantitative estimate of drug-likeness (QED) is 0.607. The molecule has 0 saturated carbocycles. The minimum absolute atomic E-state index is 0.0568. The summed E-state index contributed by atoms with van der Waals surface area (Å²) in [6.45, 7) is 9.55. The van der Waals surface area contributed by atoms with E-state index in [-0.39, 0.29) is 17.5 Å². The predicted octanol–water partition coefficient (Wildman–Crippen LogP) is 3.81. The summed E-state index contributed by atoms with van der Waals surface area (Å²) >= 11 is 0. The van der Waals surface area contributed by atoms with Gasteiger partial charge in [-0.15, -0.1) is 0 Å². The van der Waals surface area contributed by atoms with Gasteiger partial charge in [0.2, 0.25) is 5.91 Å². The Kier molecular flexibility index (Phi) is 6.64. The Morgan fingerprint density at radius 1 is 1.36 bits per heavy atom. The minimum Gasteiger partial charge on any atom is -0.444 e. The van der Waals surface area contributed by atoms with Crippen molar-refractivity contribution in [2.75, 3.05) is 11.4 Å². The third-order valence-corrected chi connectivity index (χ3v) is 4.82. The molecule has 1 aliphatic heterocycles. The lowest BCUT2D eigenvalue weighted by molar-refractivity contribution is -0.384. The van der Waals surface area contributed by atoms with Crippen LogP contribution in [0.3, 0.4) is 0 Å².